The van der Waals surface area contributed by atoms with E-state index in [0.717, 1.165) is 41.9 Å². The number of carbonyl (C=O) groups is 1. The van der Waals surface area contributed by atoms with E-state index in [1.807, 2.05) is 17.5 Å². The van der Waals surface area contributed by atoms with Gasteiger partial charge in [0.2, 0.25) is 10.0 Å². The molecular formula is C22H23ClN4O3S2. The van der Waals surface area contributed by atoms with Crippen LogP contribution >= 0.6 is 22.9 Å². The summed E-state index contributed by atoms with van der Waals surface area (Å²) in [6.07, 6.45) is 7.09. The van der Waals surface area contributed by atoms with E-state index in [0.29, 0.717) is 13.1 Å². The van der Waals surface area contributed by atoms with Gasteiger partial charge in [-0.1, -0.05) is 24.4 Å². The van der Waals surface area contributed by atoms with Crippen LogP contribution in [-0.4, -0.2) is 41.7 Å². The van der Waals surface area contributed by atoms with Gasteiger partial charge in [-0.05, 0) is 43.2 Å². The Morgan fingerprint density at radius 1 is 1.09 bits per heavy atom. The Bertz CT molecular complexity index is 1190. The van der Waals surface area contributed by atoms with Gasteiger partial charge in [-0.15, -0.1) is 11.3 Å². The summed E-state index contributed by atoms with van der Waals surface area (Å²) >= 11 is 7.67. The zero-order chi connectivity index (χ0) is 22.6. The maximum Gasteiger partial charge on any atom is 0.251 e. The van der Waals surface area contributed by atoms with Crippen molar-refractivity contribution in [3.63, 3.8) is 0 Å². The van der Waals surface area contributed by atoms with Crippen molar-refractivity contribution in [3.8, 4) is 11.3 Å². The summed E-state index contributed by atoms with van der Waals surface area (Å²) in [5, 5.41) is 5.60. The number of sulfonamides is 1. The largest absolute Gasteiger partial charge is 0.346 e. The number of thiazole rings is 1. The number of pyridine rings is 1. The lowest BCUT2D eigenvalue weighted by molar-refractivity contribution is 0.0950. The fourth-order valence-corrected chi connectivity index (χ4v) is 6.33. The number of amides is 1. The molecule has 1 aliphatic rings. The molecule has 7 nitrogen and oxygen atoms in total. The summed E-state index contributed by atoms with van der Waals surface area (Å²) in [5.74, 6) is -0.380. The van der Waals surface area contributed by atoms with E-state index < -0.39 is 10.0 Å². The molecule has 1 aliphatic heterocycles. The van der Waals surface area contributed by atoms with Crippen LogP contribution in [0.1, 0.15) is 41.0 Å². The van der Waals surface area contributed by atoms with Gasteiger partial charge in [-0.25, -0.2) is 13.4 Å². The first-order valence-electron chi connectivity index (χ1n) is 10.4. The monoisotopic (exact) mass is 490 g/mol. The molecule has 3 heterocycles. The minimum Gasteiger partial charge on any atom is -0.346 e. The summed E-state index contributed by atoms with van der Waals surface area (Å²) in [4.78, 5) is 21.2. The molecule has 0 unspecified atom stereocenters. The maximum absolute atomic E-state index is 13.1. The summed E-state index contributed by atoms with van der Waals surface area (Å²) in [5.41, 5.74) is 2.02. The molecule has 32 heavy (non-hydrogen) atoms. The van der Waals surface area contributed by atoms with Crippen molar-refractivity contribution in [2.75, 3.05) is 13.1 Å². The molecule has 0 bridgehead atoms. The number of halogens is 1. The van der Waals surface area contributed by atoms with Gasteiger partial charge >= 0.3 is 0 Å². The third kappa shape index (κ3) is 5.17. The van der Waals surface area contributed by atoms with E-state index in [2.05, 4.69) is 15.3 Å². The Morgan fingerprint density at radius 3 is 2.53 bits per heavy atom. The Labute approximate surface area is 196 Å². The van der Waals surface area contributed by atoms with Crippen LogP contribution in [0.15, 0.2) is 53.0 Å². The van der Waals surface area contributed by atoms with Gasteiger partial charge in [0.15, 0.2) is 0 Å². The first-order chi connectivity index (χ1) is 15.4. The standard InChI is InChI=1S/C22H23ClN4O3S2/c23-18-6-5-17(13-20(18)32(29,30)27-11-3-1-2-4-12-27)22(28)25-14-21-26-19(15-31-21)16-7-9-24-10-8-16/h5-10,13,15H,1-4,11-12,14H2,(H,25,28). The molecule has 0 aliphatic carbocycles. The molecule has 0 atom stereocenters. The van der Waals surface area contributed by atoms with Gasteiger partial charge in [-0.3, -0.25) is 9.78 Å². The lowest BCUT2D eigenvalue weighted by Gasteiger charge is -2.21. The summed E-state index contributed by atoms with van der Waals surface area (Å²) in [6.45, 7) is 1.18. The van der Waals surface area contributed by atoms with Crippen LogP contribution < -0.4 is 5.32 Å². The predicted octanol–water partition coefficient (Wildman–Crippen LogP) is 4.35. The first-order valence-corrected chi connectivity index (χ1v) is 13.1. The van der Waals surface area contributed by atoms with Crippen LogP contribution in [0.2, 0.25) is 5.02 Å². The lowest BCUT2D eigenvalue weighted by Crippen LogP contribution is -2.32. The highest BCUT2D eigenvalue weighted by molar-refractivity contribution is 7.89. The first kappa shape index (κ1) is 22.8. The number of rotatable bonds is 6. The predicted molar refractivity (Wildman–Crippen MR) is 125 cm³/mol. The second-order valence-electron chi connectivity index (χ2n) is 7.51. The van der Waals surface area contributed by atoms with Crippen LogP contribution in [0.25, 0.3) is 11.3 Å². The minimum atomic E-state index is -3.76. The van der Waals surface area contributed by atoms with Crippen molar-refractivity contribution in [2.24, 2.45) is 0 Å². The van der Waals surface area contributed by atoms with Crippen LogP contribution in [0.3, 0.4) is 0 Å². The number of carbonyl (C=O) groups excluding carboxylic acids is 1. The molecule has 2 aromatic heterocycles. The lowest BCUT2D eigenvalue weighted by atomic mass is 10.2. The van der Waals surface area contributed by atoms with E-state index in [4.69, 9.17) is 11.6 Å². The number of benzene rings is 1. The fourth-order valence-electron chi connectivity index (χ4n) is 3.57. The number of hydrogen-bond acceptors (Lipinski definition) is 6. The minimum absolute atomic E-state index is 0.0251. The Hall–Kier alpha value is -2.33. The van der Waals surface area contributed by atoms with E-state index in [1.165, 1.54) is 33.8 Å². The van der Waals surface area contributed by atoms with Crippen molar-refractivity contribution < 1.29 is 13.2 Å². The number of aromatic nitrogens is 2. The van der Waals surface area contributed by atoms with Crippen molar-refractivity contribution in [1.29, 1.82) is 0 Å². The second kappa shape index (κ2) is 10.1. The Balaban J connectivity index is 1.47. The van der Waals surface area contributed by atoms with Crippen LogP contribution in [0, 0.1) is 0 Å². The van der Waals surface area contributed by atoms with Gasteiger partial charge < -0.3 is 5.32 Å². The maximum atomic E-state index is 13.1. The second-order valence-corrected chi connectivity index (χ2v) is 10.8. The zero-order valence-electron chi connectivity index (χ0n) is 17.3. The van der Waals surface area contributed by atoms with E-state index in [9.17, 15) is 13.2 Å². The molecular weight excluding hydrogens is 468 g/mol. The molecule has 3 aromatic rings. The number of nitrogens with zero attached hydrogens (tertiary/aromatic N) is 3. The van der Waals surface area contributed by atoms with Gasteiger partial charge in [-0.2, -0.15) is 4.31 Å². The molecule has 1 aromatic carbocycles. The third-order valence-electron chi connectivity index (χ3n) is 5.30. The molecule has 1 N–H and O–H groups in total. The third-order valence-corrected chi connectivity index (χ3v) is 8.53. The number of hydrogen-bond donors (Lipinski definition) is 1. The average molecular weight is 491 g/mol. The van der Waals surface area contributed by atoms with Crippen molar-refractivity contribution in [2.45, 2.75) is 37.1 Å². The fraction of sp³-hybridized carbons (Fsp3) is 0.318. The van der Waals surface area contributed by atoms with Gasteiger partial charge in [0.05, 0.1) is 17.3 Å². The highest BCUT2D eigenvalue weighted by Gasteiger charge is 2.28. The summed E-state index contributed by atoms with van der Waals surface area (Å²) < 4.78 is 27.8. The highest BCUT2D eigenvalue weighted by Crippen LogP contribution is 2.28. The van der Waals surface area contributed by atoms with Gasteiger partial charge in [0.25, 0.3) is 5.91 Å². The van der Waals surface area contributed by atoms with E-state index >= 15 is 0 Å². The molecule has 0 radical (unpaired) electrons. The normalized spacial score (nSPS) is 15.3. The van der Waals surface area contributed by atoms with E-state index in [1.54, 1.807) is 12.4 Å². The average Bonchev–Trinajstić information content (AvgIpc) is 3.10. The zero-order valence-corrected chi connectivity index (χ0v) is 19.7. The Morgan fingerprint density at radius 2 is 1.81 bits per heavy atom. The quantitative estimate of drug-likeness (QED) is 0.554. The smallest absolute Gasteiger partial charge is 0.251 e. The van der Waals surface area contributed by atoms with Crippen LogP contribution in [0.5, 0.6) is 0 Å². The van der Waals surface area contributed by atoms with Gasteiger partial charge in [0.1, 0.15) is 9.90 Å². The molecule has 1 amide bonds. The molecule has 168 valence electrons. The van der Waals surface area contributed by atoms with Crippen LogP contribution in [-0.2, 0) is 16.6 Å². The van der Waals surface area contributed by atoms with Crippen molar-refractivity contribution in [3.05, 3.63) is 63.7 Å². The van der Waals surface area contributed by atoms with E-state index in [-0.39, 0.29) is 27.9 Å². The Kier molecular flexibility index (Phi) is 7.20. The van der Waals surface area contributed by atoms with Crippen molar-refractivity contribution >= 4 is 38.9 Å². The summed E-state index contributed by atoms with van der Waals surface area (Å²) in [7, 11) is -3.76. The van der Waals surface area contributed by atoms with Crippen LogP contribution in [0.4, 0.5) is 0 Å². The topological polar surface area (TPSA) is 92.3 Å². The molecule has 0 saturated carbocycles. The molecule has 1 saturated heterocycles. The SMILES string of the molecule is O=C(NCc1nc(-c2ccncc2)cs1)c1ccc(Cl)c(S(=O)(=O)N2CCCCCC2)c1. The molecule has 0 spiro atoms. The number of nitrogens with one attached hydrogen (secondary N) is 1. The van der Waals surface area contributed by atoms with Gasteiger partial charge in [0, 0.05) is 42.0 Å². The molecule has 10 heteroatoms. The molecule has 4 rings (SSSR count). The highest BCUT2D eigenvalue weighted by atomic mass is 35.5. The molecule has 1 fully saturated rings. The van der Waals surface area contributed by atoms with Crippen molar-refractivity contribution in [1.82, 2.24) is 19.6 Å². The summed E-state index contributed by atoms with van der Waals surface area (Å²) in [6, 6.07) is 8.10.